The van der Waals surface area contributed by atoms with Crippen LogP contribution in [0.3, 0.4) is 0 Å². The van der Waals surface area contributed by atoms with Crippen molar-refractivity contribution in [3.05, 3.63) is 169 Å². The first-order valence-electron chi connectivity index (χ1n) is 15.9. The third-order valence-electron chi connectivity index (χ3n) is 9.36. The highest BCUT2D eigenvalue weighted by Gasteiger charge is 2.42. The van der Waals surface area contributed by atoms with Crippen molar-refractivity contribution < 1.29 is 4.74 Å². The number of para-hydroxylation sites is 1. The van der Waals surface area contributed by atoms with Gasteiger partial charge in [0.2, 0.25) is 0 Å². The summed E-state index contributed by atoms with van der Waals surface area (Å²) < 4.78 is 6.80. The van der Waals surface area contributed by atoms with Crippen LogP contribution in [0, 0.1) is 6.92 Å². The molecule has 0 atom stereocenters. The molecule has 216 valence electrons. The zero-order valence-corrected chi connectivity index (χ0v) is 25.5. The standard InChI is InChI=1S/C43H30BNO/c1-29-25-40-43-42(26-29)46-41-24-22-34(31-15-7-3-8-16-31)28-37(41)44(43)36-27-33(30-13-5-2-6-14-30)21-23-39(36)45(40)38-20-12-11-19-35(38)32-17-9-4-10-18-32/h2-28H,1H3. The summed E-state index contributed by atoms with van der Waals surface area (Å²) in [6.45, 7) is 2.18. The van der Waals surface area contributed by atoms with E-state index in [-0.39, 0.29) is 6.71 Å². The van der Waals surface area contributed by atoms with Gasteiger partial charge in [0.15, 0.2) is 0 Å². The molecule has 0 spiro atoms. The average molecular weight is 588 g/mol. The van der Waals surface area contributed by atoms with Gasteiger partial charge < -0.3 is 9.64 Å². The Morgan fingerprint density at radius 2 is 1.02 bits per heavy atom. The van der Waals surface area contributed by atoms with Crippen molar-refractivity contribution in [3.8, 4) is 44.9 Å². The molecule has 2 nitrogen and oxygen atoms in total. The van der Waals surface area contributed by atoms with Gasteiger partial charge in [-0.25, -0.2) is 0 Å². The highest BCUT2D eigenvalue weighted by atomic mass is 16.5. The van der Waals surface area contributed by atoms with E-state index in [1.54, 1.807) is 0 Å². The number of fused-ring (bicyclic) bond motifs is 4. The predicted molar refractivity (Wildman–Crippen MR) is 193 cm³/mol. The molecule has 0 N–H and O–H groups in total. The largest absolute Gasteiger partial charge is 0.458 e. The number of anilines is 3. The second-order valence-corrected chi connectivity index (χ2v) is 12.2. The molecular weight excluding hydrogens is 557 g/mol. The van der Waals surface area contributed by atoms with E-state index in [1.165, 1.54) is 66.7 Å². The van der Waals surface area contributed by atoms with Crippen LogP contribution in [0.5, 0.6) is 11.5 Å². The van der Waals surface area contributed by atoms with Gasteiger partial charge in [0.1, 0.15) is 11.5 Å². The Balaban J connectivity index is 1.34. The maximum Gasteiger partial charge on any atom is 0.256 e. The lowest BCUT2D eigenvalue weighted by Crippen LogP contribution is -2.59. The molecule has 0 saturated heterocycles. The highest BCUT2D eigenvalue weighted by molar-refractivity contribution is 6.99. The number of ether oxygens (including phenoxy) is 1. The average Bonchev–Trinajstić information content (AvgIpc) is 3.12. The second kappa shape index (κ2) is 10.7. The van der Waals surface area contributed by atoms with Gasteiger partial charge >= 0.3 is 0 Å². The van der Waals surface area contributed by atoms with Gasteiger partial charge in [0.25, 0.3) is 6.71 Å². The summed E-state index contributed by atoms with van der Waals surface area (Å²) in [5.74, 6) is 1.85. The van der Waals surface area contributed by atoms with E-state index >= 15 is 0 Å². The second-order valence-electron chi connectivity index (χ2n) is 12.2. The molecule has 7 aromatic rings. The maximum absolute atomic E-state index is 6.80. The molecule has 3 heteroatoms. The summed E-state index contributed by atoms with van der Waals surface area (Å²) in [5.41, 5.74) is 15.6. The summed E-state index contributed by atoms with van der Waals surface area (Å²) in [6.07, 6.45) is 0. The van der Waals surface area contributed by atoms with Crippen LogP contribution in [0.25, 0.3) is 33.4 Å². The number of rotatable bonds is 4. The van der Waals surface area contributed by atoms with Crippen LogP contribution in [0.1, 0.15) is 5.56 Å². The quantitative estimate of drug-likeness (QED) is 0.190. The van der Waals surface area contributed by atoms with Gasteiger partial charge in [-0.1, -0.05) is 133 Å². The van der Waals surface area contributed by atoms with Crippen molar-refractivity contribution >= 4 is 40.2 Å². The van der Waals surface area contributed by atoms with Crippen LogP contribution in [0.2, 0.25) is 0 Å². The molecule has 0 bridgehead atoms. The van der Waals surface area contributed by atoms with Gasteiger partial charge in [0, 0.05) is 16.9 Å². The van der Waals surface area contributed by atoms with Crippen molar-refractivity contribution in [2.45, 2.75) is 6.92 Å². The molecule has 2 aliphatic heterocycles. The highest BCUT2D eigenvalue weighted by Crippen LogP contribution is 2.45. The number of aryl methyl sites for hydroxylation is 1. The topological polar surface area (TPSA) is 12.5 Å². The lowest BCUT2D eigenvalue weighted by atomic mass is 9.34. The molecule has 9 rings (SSSR count). The van der Waals surface area contributed by atoms with Gasteiger partial charge in [0.05, 0.1) is 5.69 Å². The summed E-state index contributed by atoms with van der Waals surface area (Å²) >= 11 is 0. The molecule has 46 heavy (non-hydrogen) atoms. The third kappa shape index (κ3) is 4.28. The van der Waals surface area contributed by atoms with Crippen LogP contribution >= 0.6 is 0 Å². The molecule has 2 aliphatic rings. The Hall–Kier alpha value is -5.80. The van der Waals surface area contributed by atoms with Crippen LogP contribution < -0.4 is 26.0 Å². The van der Waals surface area contributed by atoms with E-state index in [4.69, 9.17) is 4.74 Å². The van der Waals surface area contributed by atoms with E-state index in [0.717, 1.165) is 17.2 Å². The monoisotopic (exact) mass is 587 g/mol. The third-order valence-corrected chi connectivity index (χ3v) is 9.36. The molecule has 0 amide bonds. The Morgan fingerprint density at radius 1 is 0.435 bits per heavy atom. The Bertz CT molecular complexity index is 2250. The van der Waals surface area contributed by atoms with Gasteiger partial charge in [-0.15, -0.1) is 0 Å². The molecule has 0 fully saturated rings. The first-order valence-corrected chi connectivity index (χ1v) is 15.9. The molecule has 7 aromatic carbocycles. The maximum atomic E-state index is 6.80. The molecular formula is C43H30BNO. The van der Waals surface area contributed by atoms with Crippen LogP contribution in [-0.2, 0) is 0 Å². The fourth-order valence-corrected chi connectivity index (χ4v) is 7.30. The number of hydrogen-bond acceptors (Lipinski definition) is 2. The summed E-state index contributed by atoms with van der Waals surface area (Å²) in [4.78, 5) is 2.46. The zero-order valence-electron chi connectivity index (χ0n) is 25.5. The minimum absolute atomic E-state index is 0.0109. The van der Waals surface area contributed by atoms with E-state index in [9.17, 15) is 0 Å². The fraction of sp³-hybridized carbons (Fsp3) is 0.0233. The summed E-state index contributed by atoms with van der Waals surface area (Å²) in [7, 11) is 0. The number of nitrogens with zero attached hydrogens (tertiary/aromatic N) is 1. The van der Waals surface area contributed by atoms with Crippen molar-refractivity contribution in [3.63, 3.8) is 0 Å². The Kier molecular flexibility index (Phi) is 6.17. The van der Waals surface area contributed by atoms with Crippen molar-refractivity contribution in [1.82, 2.24) is 0 Å². The van der Waals surface area contributed by atoms with Crippen LogP contribution in [0.4, 0.5) is 17.1 Å². The van der Waals surface area contributed by atoms with Gasteiger partial charge in [-0.3, -0.25) is 0 Å². The molecule has 0 unspecified atom stereocenters. The van der Waals surface area contributed by atoms with E-state index in [0.29, 0.717) is 0 Å². The van der Waals surface area contributed by atoms with Crippen LogP contribution in [-0.4, -0.2) is 6.71 Å². The molecule has 0 saturated carbocycles. The number of hydrogen-bond donors (Lipinski definition) is 0. The summed E-state index contributed by atoms with van der Waals surface area (Å²) in [6, 6.07) is 59.0. The normalized spacial score (nSPS) is 12.5. The molecule has 0 aromatic heterocycles. The minimum Gasteiger partial charge on any atom is -0.458 e. The van der Waals surface area contributed by atoms with E-state index in [1.807, 2.05) is 0 Å². The first kappa shape index (κ1) is 26.6. The molecule has 0 radical (unpaired) electrons. The molecule has 0 aliphatic carbocycles. The van der Waals surface area contributed by atoms with Crippen LogP contribution in [0.15, 0.2) is 164 Å². The van der Waals surface area contributed by atoms with Gasteiger partial charge in [-0.2, -0.15) is 0 Å². The van der Waals surface area contributed by atoms with E-state index in [2.05, 4.69) is 176 Å². The minimum atomic E-state index is 0.0109. The lowest BCUT2D eigenvalue weighted by molar-refractivity contribution is 0.487. The van der Waals surface area contributed by atoms with Crippen molar-refractivity contribution in [2.75, 3.05) is 4.90 Å². The number of benzene rings is 7. The SMILES string of the molecule is Cc1cc2c3c(c1)N(c1ccccc1-c1ccccc1)c1ccc(-c4ccccc4)cc1B3c1cc(-c3ccccc3)ccc1O2. The zero-order chi connectivity index (χ0) is 30.6. The smallest absolute Gasteiger partial charge is 0.256 e. The summed E-state index contributed by atoms with van der Waals surface area (Å²) in [5, 5.41) is 0. The van der Waals surface area contributed by atoms with Crippen molar-refractivity contribution in [1.29, 1.82) is 0 Å². The first-order chi connectivity index (χ1) is 22.7. The lowest BCUT2D eigenvalue weighted by Gasteiger charge is -2.41. The van der Waals surface area contributed by atoms with E-state index < -0.39 is 0 Å². The van der Waals surface area contributed by atoms with Crippen molar-refractivity contribution in [2.24, 2.45) is 0 Å². The predicted octanol–water partition coefficient (Wildman–Crippen LogP) is 9.40. The fourth-order valence-electron chi connectivity index (χ4n) is 7.30. The van der Waals surface area contributed by atoms with Gasteiger partial charge in [-0.05, 0) is 87.0 Å². The Labute approximate surface area is 270 Å². The molecule has 2 heterocycles. The Morgan fingerprint density at radius 3 is 1.72 bits per heavy atom.